The van der Waals surface area contributed by atoms with Gasteiger partial charge in [-0.15, -0.1) is 10.2 Å². The lowest BCUT2D eigenvalue weighted by Crippen LogP contribution is -2.28. The number of benzene rings is 1. The molecule has 6 nitrogen and oxygen atoms in total. The Labute approximate surface area is 168 Å². The number of aliphatic hydroxyl groups excluding tert-OH is 1. The van der Waals surface area contributed by atoms with E-state index in [9.17, 15) is 5.11 Å². The molecule has 0 saturated heterocycles. The molecule has 1 N–H and O–H groups in total. The van der Waals surface area contributed by atoms with Crippen molar-refractivity contribution < 1.29 is 5.11 Å². The van der Waals surface area contributed by atoms with Crippen LogP contribution in [0.25, 0.3) is 11.3 Å². The van der Waals surface area contributed by atoms with Crippen molar-refractivity contribution in [3.63, 3.8) is 0 Å². The molecule has 28 heavy (non-hydrogen) atoms. The summed E-state index contributed by atoms with van der Waals surface area (Å²) in [6.45, 7) is 3.17. The van der Waals surface area contributed by atoms with Gasteiger partial charge in [0.2, 0.25) is 0 Å². The molecule has 0 amide bonds. The second-order valence-electron chi connectivity index (χ2n) is 7.97. The fourth-order valence-corrected chi connectivity index (χ4v) is 5.19. The van der Waals surface area contributed by atoms with Gasteiger partial charge in [0.1, 0.15) is 11.6 Å². The minimum absolute atomic E-state index is 0.0310. The van der Waals surface area contributed by atoms with E-state index in [0.717, 1.165) is 54.5 Å². The number of aromatic nitrogens is 5. The zero-order valence-electron chi connectivity index (χ0n) is 15.9. The topological polar surface area (TPSA) is 76.7 Å². The Bertz CT molecular complexity index is 984. The Hall–Kier alpha value is -2.25. The minimum Gasteiger partial charge on any atom is -0.395 e. The molecule has 1 aliphatic carbocycles. The van der Waals surface area contributed by atoms with Crippen molar-refractivity contribution in [1.29, 1.82) is 0 Å². The molecule has 1 saturated carbocycles. The highest BCUT2D eigenvalue weighted by molar-refractivity contribution is 8.00. The van der Waals surface area contributed by atoms with Gasteiger partial charge < -0.3 is 9.67 Å². The van der Waals surface area contributed by atoms with E-state index in [-0.39, 0.29) is 16.8 Å². The monoisotopic (exact) mass is 393 g/mol. The normalized spacial score (nSPS) is 23.1. The molecule has 2 aromatic heterocycles. The number of thioether (sulfide) groups is 1. The molecule has 3 aromatic rings. The Balaban J connectivity index is 1.48. The fourth-order valence-electron chi connectivity index (χ4n) is 4.10. The Morgan fingerprint density at radius 3 is 2.64 bits per heavy atom. The summed E-state index contributed by atoms with van der Waals surface area (Å²) in [7, 11) is 0. The molecule has 0 spiro atoms. The number of aliphatic hydroxyl groups is 1. The average molecular weight is 394 g/mol. The summed E-state index contributed by atoms with van der Waals surface area (Å²) < 4.78 is 2.13. The minimum atomic E-state index is -0.173. The van der Waals surface area contributed by atoms with Gasteiger partial charge in [-0.3, -0.25) is 9.97 Å². The van der Waals surface area contributed by atoms with Crippen molar-refractivity contribution in [3.05, 3.63) is 60.1 Å². The molecular weight excluding hydrogens is 370 g/mol. The highest BCUT2D eigenvalue weighted by Crippen LogP contribution is 2.53. The smallest absolute Gasteiger partial charge is 0.143 e. The van der Waals surface area contributed by atoms with E-state index in [1.807, 2.05) is 11.8 Å². The van der Waals surface area contributed by atoms with Gasteiger partial charge in [-0.2, -0.15) is 11.8 Å². The molecule has 1 aromatic carbocycles. The first-order chi connectivity index (χ1) is 13.6. The van der Waals surface area contributed by atoms with Crippen molar-refractivity contribution in [2.24, 2.45) is 0 Å². The first kappa shape index (κ1) is 17.8. The van der Waals surface area contributed by atoms with Gasteiger partial charge in [0, 0.05) is 41.4 Å². The number of hydrogen-bond donors (Lipinski definition) is 1. The molecule has 1 aliphatic heterocycles. The largest absolute Gasteiger partial charge is 0.395 e. The van der Waals surface area contributed by atoms with E-state index in [1.54, 1.807) is 18.6 Å². The van der Waals surface area contributed by atoms with Crippen LogP contribution < -0.4 is 0 Å². The van der Waals surface area contributed by atoms with E-state index < -0.39 is 0 Å². The maximum atomic E-state index is 9.79. The van der Waals surface area contributed by atoms with Crippen molar-refractivity contribution in [1.82, 2.24) is 24.7 Å². The molecule has 1 fully saturated rings. The van der Waals surface area contributed by atoms with Crippen LogP contribution in [0.1, 0.15) is 37.0 Å². The molecule has 1 unspecified atom stereocenters. The summed E-state index contributed by atoms with van der Waals surface area (Å²) in [6.07, 6.45) is 8.14. The highest BCUT2D eigenvalue weighted by Gasteiger charge is 2.50. The molecule has 1 atom stereocenters. The fraction of sp³-hybridized carbons (Fsp3) is 0.429. The number of hydrogen-bond acceptors (Lipinski definition) is 6. The Kier molecular flexibility index (Phi) is 4.25. The van der Waals surface area contributed by atoms with E-state index in [4.69, 9.17) is 0 Å². The lowest BCUT2D eigenvalue weighted by molar-refractivity contribution is 0.254. The summed E-state index contributed by atoms with van der Waals surface area (Å²) in [5, 5.41) is 18.9. The predicted molar refractivity (Wildman–Crippen MR) is 109 cm³/mol. The maximum absolute atomic E-state index is 9.79. The zero-order chi connectivity index (χ0) is 19.2. The summed E-state index contributed by atoms with van der Waals surface area (Å²) in [6, 6.07) is 8.64. The zero-order valence-corrected chi connectivity index (χ0v) is 16.7. The lowest BCUT2D eigenvalue weighted by Gasteiger charge is -2.23. The summed E-state index contributed by atoms with van der Waals surface area (Å²) >= 11 is 1.83. The first-order valence-corrected chi connectivity index (χ1v) is 10.7. The molecule has 0 bridgehead atoms. The lowest BCUT2D eigenvalue weighted by atomic mass is 9.93. The predicted octanol–water partition coefficient (Wildman–Crippen LogP) is 2.86. The van der Waals surface area contributed by atoms with Gasteiger partial charge in [0.15, 0.2) is 0 Å². The van der Waals surface area contributed by atoms with Crippen LogP contribution in [-0.4, -0.2) is 46.9 Å². The Morgan fingerprint density at radius 1 is 1.14 bits per heavy atom. The van der Waals surface area contributed by atoms with Crippen LogP contribution in [0, 0.1) is 0 Å². The Morgan fingerprint density at radius 2 is 1.96 bits per heavy atom. The van der Waals surface area contributed by atoms with Crippen LogP contribution >= 0.6 is 11.8 Å². The molecule has 2 aliphatic rings. The van der Waals surface area contributed by atoms with Gasteiger partial charge in [0.25, 0.3) is 0 Å². The van der Waals surface area contributed by atoms with Gasteiger partial charge in [-0.25, -0.2) is 0 Å². The second kappa shape index (κ2) is 6.67. The quantitative estimate of drug-likeness (QED) is 0.735. The molecule has 3 heterocycles. The standard InChI is InChI=1S/C21H23N5OS/c1-20(14-27)12-18-24-25-19(26(18)10-11-28-20)21(6-7-21)16-4-2-15(3-5-16)17-13-22-8-9-23-17/h2-5,8-9,13,27H,6-7,10-12,14H2,1H3. The van der Waals surface area contributed by atoms with Crippen LogP contribution in [0.3, 0.4) is 0 Å². The third kappa shape index (κ3) is 2.93. The first-order valence-electron chi connectivity index (χ1n) is 9.68. The van der Waals surface area contributed by atoms with Gasteiger partial charge in [0.05, 0.1) is 23.9 Å². The second-order valence-corrected chi connectivity index (χ2v) is 9.66. The molecule has 0 radical (unpaired) electrons. The van der Waals surface area contributed by atoms with Crippen LogP contribution in [0.15, 0.2) is 42.9 Å². The summed E-state index contributed by atoms with van der Waals surface area (Å²) in [4.78, 5) is 8.54. The summed E-state index contributed by atoms with van der Waals surface area (Å²) in [5.74, 6) is 3.05. The van der Waals surface area contributed by atoms with Crippen LogP contribution in [-0.2, 0) is 18.4 Å². The third-order valence-electron chi connectivity index (χ3n) is 5.93. The number of rotatable bonds is 4. The molecule has 7 heteroatoms. The van der Waals surface area contributed by atoms with Gasteiger partial charge >= 0.3 is 0 Å². The van der Waals surface area contributed by atoms with Crippen LogP contribution in [0.4, 0.5) is 0 Å². The van der Waals surface area contributed by atoms with E-state index in [0.29, 0.717) is 0 Å². The summed E-state index contributed by atoms with van der Waals surface area (Å²) in [5.41, 5.74) is 3.21. The SMILES string of the molecule is CC1(CO)Cc2nnc(C3(c4ccc(-c5cnccn5)cc4)CC3)n2CCS1. The van der Waals surface area contributed by atoms with Crippen molar-refractivity contribution in [3.8, 4) is 11.3 Å². The van der Waals surface area contributed by atoms with Crippen molar-refractivity contribution in [2.45, 2.75) is 42.9 Å². The highest BCUT2D eigenvalue weighted by atomic mass is 32.2. The van der Waals surface area contributed by atoms with Gasteiger partial charge in [-0.1, -0.05) is 24.3 Å². The molecular formula is C21H23N5OS. The van der Waals surface area contributed by atoms with Crippen LogP contribution in [0.2, 0.25) is 0 Å². The van der Waals surface area contributed by atoms with Gasteiger partial charge in [-0.05, 0) is 25.3 Å². The van der Waals surface area contributed by atoms with Crippen molar-refractivity contribution >= 4 is 11.8 Å². The van der Waals surface area contributed by atoms with E-state index >= 15 is 0 Å². The van der Waals surface area contributed by atoms with E-state index in [1.165, 1.54) is 5.56 Å². The average Bonchev–Trinajstić information content (AvgIpc) is 3.49. The third-order valence-corrected chi connectivity index (χ3v) is 7.29. The maximum Gasteiger partial charge on any atom is 0.143 e. The van der Waals surface area contributed by atoms with E-state index in [2.05, 4.69) is 55.9 Å². The van der Waals surface area contributed by atoms with Crippen molar-refractivity contribution in [2.75, 3.05) is 12.4 Å². The molecule has 5 rings (SSSR count). The number of fused-ring (bicyclic) bond motifs is 1. The number of nitrogens with zero attached hydrogens (tertiary/aromatic N) is 5. The molecule has 144 valence electrons. The van der Waals surface area contributed by atoms with Crippen LogP contribution in [0.5, 0.6) is 0 Å².